The summed E-state index contributed by atoms with van der Waals surface area (Å²) in [7, 11) is 0. The molecule has 1 aliphatic heterocycles. The van der Waals surface area contributed by atoms with Crippen molar-refractivity contribution in [3.8, 4) is 0 Å². The Labute approximate surface area is 78.5 Å². The summed E-state index contributed by atoms with van der Waals surface area (Å²) in [4.78, 5) is 1.45. The second kappa shape index (κ2) is 3.25. The SMILES string of the molecule is Brc1ccc(C2CCOC2)s1. The number of hydrogen-bond acceptors (Lipinski definition) is 2. The van der Waals surface area contributed by atoms with Gasteiger partial charge >= 0.3 is 0 Å². The molecule has 1 nitrogen and oxygen atoms in total. The Balaban J connectivity index is 2.15. The largest absolute Gasteiger partial charge is 0.381 e. The molecule has 0 N–H and O–H groups in total. The molecule has 2 heterocycles. The van der Waals surface area contributed by atoms with Gasteiger partial charge in [-0.15, -0.1) is 11.3 Å². The maximum Gasteiger partial charge on any atom is 0.0701 e. The van der Waals surface area contributed by atoms with Crippen molar-refractivity contribution in [2.45, 2.75) is 12.3 Å². The second-order valence-corrected chi connectivity index (χ2v) is 5.20. The summed E-state index contributed by atoms with van der Waals surface area (Å²) < 4.78 is 6.53. The first-order valence-electron chi connectivity index (χ1n) is 3.69. The molecule has 0 amide bonds. The van der Waals surface area contributed by atoms with Crippen molar-refractivity contribution in [2.24, 2.45) is 0 Å². The summed E-state index contributed by atoms with van der Waals surface area (Å²) in [5, 5.41) is 0. The molecular formula is C8H9BrOS. The summed E-state index contributed by atoms with van der Waals surface area (Å²) in [6.45, 7) is 1.84. The fourth-order valence-electron chi connectivity index (χ4n) is 1.31. The highest BCUT2D eigenvalue weighted by Gasteiger charge is 2.18. The van der Waals surface area contributed by atoms with Crippen LogP contribution in [-0.4, -0.2) is 13.2 Å². The quantitative estimate of drug-likeness (QED) is 0.724. The molecule has 2 rings (SSSR count). The maximum absolute atomic E-state index is 5.31. The molecule has 1 aliphatic rings. The zero-order valence-corrected chi connectivity index (χ0v) is 8.45. The monoisotopic (exact) mass is 232 g/mol. The van der Waals surface area contributed by atoms with E-state index in [0.717, 1.165) is 13.2 Å². The molecule has 3 heteroatoms. The van der Waals surface area contributed by atoms with E-state index in [4.69, 9.17) is 4.74 Å². The van der Waals surface area contributed by atoms with Crippen LogP contribution in [0.4, 0.5) is 0 Å². The number of thiophene rings is 1. The first-order valence-corrected chi connectivity index (χ1v) is 5.30. The molecule has 1 aromatic heterocycles. The van der Waals surface area contributed by atoms with E-state index in [2.05, 4.69) is 28.1 Å². The highest BCUT2D eigenvalue weighted by atomic mass is 79.9. The molecule has 0 spiro atoms. The van der Waals surface area contributed by atoms with Crippen LogP contribution in [0.5, 0.6) is 0 Å². The molecule has 0 aliphatic carbocycles. The molecule has 0 bridgehead atoms. The van der Waals surface area contributed by atoms with Crippen molar-refractivity contribution in [3.63, 3.8) is 0 Å². The average molecular weight is 233 g/mol. The Morgan fingerprint density at radius 3 is 3.00 bits per heavy atom. The maximum atomic E-state index is 5.31. The Morgan fingerprint density at radius 1 is 1.55 bits per heavy atom. The minimum Gasteiger partial charge on any atom is -0.381 e. The van der Waals surface area contributed by atoms with E-state index in [0.29, 0.717) is 5.92 Å². The van der Waals surface area contributed by atoms with Gasteiger partial charge in [0, 0.05) is 17.4 Å². The molecule has 0 radical (unpaired) electrons. The summed E-state index contributed by atoms with van der Waals surface area (Å²) in [5.41, 5.74) is 0. The topological polar surface area (TPSA) is 9.23 Å². The molecular weight excluding hydrogens is 224 g/mol. The third-order valence-corrected chi connectivity index (χ3v) is 3.71. The summed E-state index contributed by atoms with van der Waals surface area (Å²) >= 11 is 5.28. The van der Waals surface area contributed by atoms with Gasteiger partial charge in [-0.3, -0.25) is 0 Å². The van der Waals surface area contributed by atoms with Crippen LogP contribution in [0.1, 0.15) is 17.2 Å². The van der Waals surface area contributed by atoms with Crippen LogP contribution in [0.3, 0.4) is 0 Å². The van der Waals surface area contributed by atoms with E-state index < -0.39 is 0 Å². The summed E-state index contributed by atoms with van der Waals surface area (Å²) in [6.07, 6.45) is 1.19. The summed E-state index contributed by atoms with van der Waals surface area (Å²) in [5.74, 6) is 0.659. The fraction of sp³-hybridized carbons (Fsp3) is 0.500. The van der Waals surface area contributed by atoms with Gasteiger partial charge in [-0.25, -0.2) is 0 Å². The number of rotatable bonds is 1. The van der Waals surface area contributed by atoms with Crippen molar-refractivity contribution >= 4 is 27.3 Å². The molecule has 60 valence electrons. The van der Waals surface area contributed by atoms with E-state index >= 15 is 0 Å². The first-order chi connectivity index (χ1) is 5.36. The average Bonchev–Trinajstić information content (AvgIpc) is 2.55. The lowest BCUT2D eigenvalue weighted by molar-refractivity contribution is 0.194. The van der Waals surface area contributed by atoms with Gasteiger partial charge in [0.2, 0.25) is 0 Å². The molecule has 1 fully saturated rings. The molecule has 1 saturated heterocycles. The number of halogens is 1. The van der Waals surface area contributed by atoms with E-state index in [1.165, 1.54) is 15.1 Å². The van der Waals surface area contributed by atoms with Crippen molar-refractivity contribution < 1.29 is 4.74 Å². The lowest BCUT2D eigenvalue weighted by Crippen LogP contribution is -1.92. The molecule has 0 saturated carbocycles. The minimum atomic E-state index is 0.659. The van der Waals surface area contributed by atoms with Crippen LogP contribution in [-0.2, 0) is 4.74 Å². The normalized spacial score (nSPS) is 24.3. The van der Waals surface area contributed by atoms with Gasteiger partial charge in [-0.05, 0) is 34.5 Å². The van der Waals surface area contributed by atoms with Gasteiger partial charge in [-0.2, -0.15) is 0 Å². The van der Waals surface area contributed by atoms with Crippen LogP contribution in [0.2, 0.25) is 0 Å². The standard InChI is InChI=1S/C8H9BrOS/c9-8-2-1-7(11-8)6-3-4-10-5-6/h1-2,6H,3-5H2. The van der Waals surface area contributed by atoms with E-state index in [1.807, 2.05) is 11.3 Å². The third kappa shape index (κ3) is 1.66. The predicted molar refractivity (Wildman–Crippen MR) is 50.2 cm³/mol. The zero-order valence-electron chi connectivity index (χ0n) is 6.05. The number of hydrogen-bond donors (Lipinski definition) is 0. The first kappa shape index (κ1) is 7.77. The second-order valence-electron chi connectivity index (χ2n) is 2.70. The lowest BCUT2D eigenvalue weighted by atomic mass is 10.1. The molecule has 11 heavy (non-hydrogen) atoms. The van der Waals surface area contributed by atoms with E-state index in [-0.39, 0.29) is 0 Å². The predicted octanol–water partition coefficient (Wildman–Crippen LogP) is 3.01. The Hall–Kier alpha value is 0.140. The Bertz CT molecular complexity index is 240. The van der Waals surface area contributed by atoms with Crippen LogP contribution in [0.25, 0.3) is 0 Å². The third-order valence-electron chi connectivity index (χ3n) is 1.93. The van der Waals surface area contributed by atoms with Gasteiger partial charge in [0.1, 0.15) is 0 Å². The molecule has 1 aromatic rings. The van der Waals surface area contributed by atoms with Gasteiger partial charge < -0.3 is 4.74 Å². The van der Waals surface area contributed by atoms with Crippen LogP contribution in [0, 0.1) is 0 Å². The summed E-state index contributed by atoms with van der Waals surface area (Å²) in [6, 6.07) is 4.30. The van der Waals surface area contributed by atoms with Crippen molar-refractivity contribution in [3.05, 3.63) is 20.8 Å². The number of ether oxygens (including phenoxy) is 1. The molecule has 1 atom stereocenters. The van der Waals surface area contributed by atoms with Gasteiger partial charge in [-0.1, -0.05) is 0 Å². The zero-order chi connectivity index (χ0) is 7.68. The highest BCUT2D eigenvalue weighted by Crippen LogP contribution is 2.32. The Kier molecular flexibility index (Phi) is 2.30. The van der Waals surface area contributed by atoms with Crippen LogP contribution >= 0.6 is 27.3 Å². The smallest absolute Gasteiger partial charge is 0.0701 e. The molecule has 0 aromatic carbocycles. The van der Waals surface area contributed by atoms with E-state index in [9.17, 15) is 0 Å². The Morgan fingerprint density at radius 2 is 2.45 bits per heavy atom. The lowest BCUT2D eigenvalue weighted by Gasteiger charge is -2.01. The van der Waals surface area contributed by atoms with Gasteiger partial charge in [0.25, 0.3) is 0 Å². The van der Waals surface area contributed by atoms with Crippen LogP contribution < -0.4 is 0 Å². The van der Waals surface area contributed by atoms with Crippen molar-refractivity contribution in [1.29, 1.82) is 0 Å². The minimum absolute atomic E-state index is 0.659. The van der Waals surface area contributed by atoms with Crippen molar-refractivity contribution in [2.75, 3.05) is 13.2 Å². The van der Waals surface area contributed by atoms with Gasteiger partial charge in [0.15, 0.2) is 0 Å². The fourth-order valence-corrected chi connectivity index (χ4v) is 2.85. The molecule has 1 unspecified atom stereocenters. The van der Waals surface area contributed by atoms with Gasteiger partial charge in [0.05, 0.1) is 10.4 Å². The highest BCUT2D eigenvalue weighted by molar-refractivity contribution is 9.11. The van der Waals surface area contributed by atoms with Crippen LogP contribution in [0.15, 0.2) is 15.9 Å². The van der Waals surface area contributed by atoms with E-state index in [1.54, 1.807) is 0 Å². The van der Waals surface area contributed by atoms with Crippen molar-refractivity contribution in [1.82, 2.24) is 0 Å².